The number of nitrogens with one attached hydrogen (secondary N) is 1. The number of hydrogen-bond acceptors (Lipinski definition) is 3. The molecule has 0 aromatic carbocycles. The first-order chi connectivity index (χ1) is 11.1. The van der Waals surface area contributed by atoms with Crippen LogP contribution in [0.1, 0.15) is 47.8 Å². The van der Waals surface area contributed by atoms with E-state index in [0.717, 1.165) is 43.7 Å². The zero-order chi connectivity index (χ0) is 16.4. The number of carbonyl (C=O) groups excluding carboxylic acids is 1. The van der Waals surface area contributed by atoms with Crippen LogP contribution in [0.5, 0.6) is 0 Å². The lowest BCUT2D eigenvalue weighted by molar-refractivity contribution is -0.132. The van der Waals surface area contributed by atoms with Gasteiger partial charge in [-0.25, -0.2) is 0 Å². The minimum Gasteiger partial charge on any atom is -0.343 e. The molecule has 3 heterocycles. The molecule has 0 saturated carbocycles. The largest absolute Gasteiger partial charge is 0.343 e. The molecule has 124 valence electrons. The Labute approximate surface area is 136 Å². The van der Waals surface area contributed by atoms with E-state index in [9.17, 15) is 4.79 Å². The molecule has 0 radical (unpaired) electrons. The maximum atomic E-state index is 12.5. The third-order valence-corrected chi connectivity index (χ3v) is 5.06. The van der Waals surface area contributed by atoms with Gasteiger partial charge in [-0.1, -0.05) is 0 Å². The van der Waals surface area contributed by atoms with Gasteiger partial charge >= 0.3 is 0 Å². The van der Waals surface area contributed by atoms with Crippen LogP contribution in [0.15, 0.2) is 12.3 Å². The highest BCUT2D eigenvalue weighted by Crippen LogP contribution is 2.26. The van der Waals surface area contributed by atoms with Crippen molar-refractivity contribution in [2.45, 2.75) is 45.4 Å². The number of carbonyl (C=O) groups is 1. The summed E-state index contributed by atoms with van der Waals surface area (Å²) < 4.78 is 1.89. The van der Waals surface area contributed by atoms with Crippen molar-refractivity contribution in [2.75, 3.05) is 13.1 Å². The van der Waals surface area contributed by atoms with Crippen molar-refractivity contribution >= 4 is 5.91 Å². The lowest BCUT2D eigenvalue weighted by Gasteiger charge is -2.31. The minimum absolute atomic E-state index is 0.260. The highest BCUT2D eigenvalue weighted by molar-refractivity contribution is 5.76. The van der Waals surface area contributed by atoms with Gasteiger partial charge in [0.1, 0.15) is 0 Å². The van der Waals surface area contributed by atoms with Gasteiger partial charge in [-0.15, -0.1) is 0 Å². The first kappa shape index (κ1) is 15.8. The summed E-state index contributed by atoms with van der Waals surface area (Å²) >= 11 is 0. The van der Waals surface area contributed by atoms with Crippen LogP contribution in [-0.2, 0) is 18.3 Å². The number of aryl methyl sites for hydroxylation is 2. The van der Waals surface area contributed by atoms with E-state index in [1.807, 2.05) is 29.6 Å². The van der Waals surface area contributed by atoms with Crippen molar-refractivity contribution in [1.29, 1.82) is 0 Å². The van der Waals surface area contributed by atoms with E-state index in [4.69, 9.17) is 0 Å². The second-order valence-corrected chi connectivity index (χ2v) is 6.44. The van der Waals surface area contributed by atoms with Gasteiger partial charge in [-0.05, 0) is 44.7 Å². The third-order valence-electron chi connectivity index (χ3n) is 5.06. The lowest BCUT2D eigenvalue weighted by atomic mass is 9.93. The highest BCUT2D eigenvalue weighted by atomic mass is 16.2. The molecule has 0 bridgehead atoms. The molecule has 1 aliphatic heterocycles. The molecule has 0 atom stereocenters. The van der Waals surface area contributed by atoms with Gasteiger partial charge < -0.3 is 4.90 Å². The molecule has 1 N–H and O–H groups in total. The van der Waals surface area contributed by atoms with Gasteiger partial charge in [0.25, 0.3) is 0 Å². The Balaban J connectivity index is 1.52. The smallest absolute Gasteiger partial charge is 0.222 e. The summed E-state index contributed by atoms with van der Waals surface area (Å²) in [5.74, 6) is 0.764. The highest BCUT2D eigenvalue weighted by Gasteiger charge is 2.24. The summed E-state index contributed by atoms with van der Waals surface area (Å²) in [6, 6.07) is 2.04. The SMILES string of the molecule is Cc1nn(C)c(C)c1CCC(=O)N1CCC(c2ccn[nH]2)CC1. The van der Waals surface area contributed by atoms with Crippen LogP contribution in [0.4, 0.5) is 0 Å². The minimum atomic E-state index is 0.260. The van der Waals surface area contributed by atoms with Crippen LogP contribution in [0.2, 0.25) is 0 Å². The fourth-order valence-corrected chi connectivity index (χ4v) is 3.50. The summed E-state index contributed by atoms with van der Waals surface area (Å²) in [5.41, 5.74) is 4.61. The maximum Gasteiger partial charge on any atom is 0.222 e. The number of rotatable bonds is 4. The number of aromatic nitrogens is 4. The van der Waals surface area contributed by atoms with Crippen LogP contribution >= 0.6 is 0 Å². The Morgan fingerprint density at radius 2 is 2.09 bits per heavy atom. The predicted molar refractivity (Wildman–Crippen MR) is 88.1 cm³/mol. The molecular formula is C17H25N5O. The van der Waals surface area contributed by atoms with Gasteiger partial charge in [0, 0.05) is 50.1 Å². The predicted octanol–water partition coefficient (Wildman–Crippen LogP) is 2.10. The Bertz CT molecular complexity index is 665. The monoisotopic (exact) mass is 315 g/mol. The van der Waals surface area contributed by atoms with Crippen molar-refractivity contribution in [3.05, 3.63) is 34.9 Å². The van der Waals surface area contributed by atoms with E-state index in [1.54, 1.807) is 6.20 Å². The fourth-order valence-electron chi connectivity index (χ4n) is 3.50. The van der Waals surface area contributed by atoms with E-state index in [-0.39, 0.29) is 5.91 Å². The normalized spacial score (nSPS) is 16.0. The van der Waals surface area contributed by atoms with E-state index in [1.165, 1.54) is 11.3 Å². The van der Waals surface area contributed by atoms with Crippen molar-refractivity contribution in [2.24, 2.45) is 7.05 Å². The Hall–Kier alpha value is -2.11. The molecular weight excluding hydrogens is 290 g/mol. The quantitative estimate of drug-likeness (QED) is 0.939. The average molecular weight is 315 g/mol. The molecule has 0 aliphatic carbocycles. The number of nitrogens with zero attached hydrogens (tertiary/aromatic N) is 4. The number of hydrogen-bond donors (Lipinski definition) is 1. The number of amides is 1. The second-order valence-electron chi connectivity index (χ2n) is 6.44. The van der Waals surface area contributed by atoms with E-state index >= 15 is 0 Å². The summed E-state index contributed by atoms with van der Waals surface area (Å²) in [6.07, 6.45) is 5.18. The van der Waals surface area contributed by atoms with E-state index in [0.29, 0.717) is 12.3 Å². The van der Waals surface area contributed by atoms with Gasteiger partial charge in [-0.2, -0.15) is 10.2 Å². The summed E-state index contributed by atoms with van der Waals surface area (Å²) in [4.78, 5) is 14.5. The molecule has 2 aromatic rings. The number of likely N-dealkylation sites (tertiary alicyclic amines) is 1. The van der Waals surface area contributed by atoms with Crippen molar-refractivity contribution in [1.82, 2.24) is 24.9 Å². The number of piperidine rings is 1. The molecule has 1 amide bonds. The maximum absolute atomic E-state index is 12.5. The molecule has 23 heavy (non-hydrogen) atoms. The zero-order valence-electron chi connectivity index (χ0n) is 14.2. The van der Waals surface area contributed by atoms with Crippen LogP contribution < -0.4 is 0 Å². The van der Waals surface area contributed by atoms with Gasteiger partial charge in [0.05, 0.1) is 5.69 Å². The summed E-state index contributed by atoms with van der Waals surface area (Å²) in [6.45, 7) is 5.76. The summed E-state index contributed by atoms with van der Waals surface area (Å²) in [7, 11) is 1.95. The first-order valence-corrected chi connectivity index (χ1v) is 8.32. The number of H-pyrrole nitrogens is 1. The Kier molecular flexibility index (Phi) is 4.50. The average Bonchev–Trinajstić information content (AvgIpc) is 3.16. The summed E-state index contributed by atoms with van der Waals surface area (Å²) in [5, 5.41) is 11.5. The van der Waals surface area contributed by atoms with Crippen molar-refractivity contribution < 1.29 is 4.79 Å². The third kappa shape index (κ3) is 3.30. The molecule has 6 nitrogen and oxygen atoms in total. The second kappa shape index (κ2) is 6.56. The Morgan fingerprint density at radius 1 is 1.35 bits per heavy atom. The van der Waals surface area contributed by atoms with Crippen LogP contribution in [0.3, 0.4) is 0 Å². The van der Waals surface area contributed by atoms with Crippen LogP contribution in [0, 0.1) is 13.8 Å². The molecule has 3 rings (SSSR count). The van der Waals surface area contributed by atoms with Gasteiger partial charge in [0.15, 0.2) is 0 Å². The topological polar surface area (TPSA) is 66.8 Å². The molecule has 6 heteroatoms. The molecule has 2 aromatic heterocycles. The molecule has 0 spiro atoms. The Morgan fingerprint density at radius 3 is 2.65 bits per heavy atom. The molecule has 1 fully saturated rings. The lowest BCUT2D eigenvalue weighted by Crippen LogP contribution is -2.38. The number of aromatic amines is 1. The van der Waals surface area contributed by atoms with Crippen LogP contribution in [0.25, 0.3) is 0 Å². The van der Waals surface area contributed by atoms with Crippen LogP contribution in [-0.4, -0.2) is 43.9 Å². The first-order valence-electron chi connectivity index (χ1n) is 8.32. The fraction of sp³-hybridized carbons (Fsp3) is 0.588. The zero-order valence-corrected chi connectivity index (χ0v) is 14.2. The van der Waals surface area contributed by atoms with Crippen molar-refractivity contribution in [3.8, 4) is 0 Å². The van der Waals surface area contributed by atoms with Gasteiger partial charge in [-0.3, -0.25) is 14.6 Å². The molecule has 1 aliphatic rings. The van der Waals surface area contributed by atoms with E-state index < -0.39 is 0 Å². The van der Waals surface area contributed by atoms with Crippen molar-refractivity contribution in [3.63, 3.8) is 0 Å². The van der Waals surface area contributed by atoms with E-state index in [2.05, 4.69) is 22.2 Å². The van der Waals surface area contributed by atoms with Gasteiger partial charge in [0.2, 0.25) is 5.91 Å². The molecule has 0 unspecified atom stereocenters. The standard InChI is InChI=1S/C17H25N5O/c1-12-15(13(2)21(3)20-12)4-5-17(23)22-10-7-14(8-11-22)16-6-9-18-19-16/h6,9,14H,4-5,7-8,10-11H2,1-3H3,(H,18,19). The molecule has 1 saturated heterocycles.